The van der Waals surface area contributed by atoms with Gasteiger partial charge in [0.15, 0.2) is 0 Å². The van der Waals surface area contributed by atoms with E-state index in [0.29, 0.717) is 11.6 Å². The van der Waals surface area contributed by atoms with Gasteiger partial charge in [0.25, 0.3) is 0 Å². The van der Waals surface area contributed by atoms with E-state index in [0.717, 1.165) is 23.0 Å². The summed E-state index contributed by atoms with van der Waals surface area (Å²) in [4.78, 5) is 15.4. The van der Waals surface area contributed by atoms with Gasteiger partial charge in [-0.2, -0.15) is 0 Å². The molecule has 0 N–H and O–H groups in total. The molecule has 0 spiro atoms. The molecule has 1 aliphatic rings. The highest BCUT2D eigenvalue weighted by Gasteiger charge is 2.22. The normalized spacial score (nSPS) is 20.1. The van der Waals surface area contributed by atoms with Gasteiger partial charge in [-0.15, -0.1) is 0 Å². The third-order valence-electron chi connectivity index (χ3n) is 3.68. The first-order valence-electron chi connectivity index (χ1n) is 6.28. The van der Waals surface area contributed by atoms with Crippen molar-refractivity contribution in [3.05, 3.63) is 28.2 Å². The Bertz CT molecular complexity index is 436. The Kier molecular flexibility index (Phi) is 4.40. The van der Waals surface area contributed by atoms with Crippen LogP contribution in [0.3, 0.4) is 0 Å². The van der Waals surface area contributed by atoms with Crippen LogP contribution in [0.15, 0.2) is 22.7 Å². The molecular formula is C14H19BrN2O. The molecule has 1 heterocycles. The lowest BCUT2D eigenvalue weighted by Gasteiger charge is -2.28. The predicted molar refractivity (Wildman–Crippen MR) is 78.5 cm³/mol. The fourth-order valence-corrected chi connectivity index (χ4v) is 3.23. The molecule has 1 unspecified atom stereocenters. The summed E-state index contributed by atoms with van der Waals surface area (Å²) in [5.74, 6) is 0. The van der Waals surface area contributed by atoms with Gasteiger partial charge in [0.1, 0.15) is 6.29 Å². The molecule has 0 bridgehead atoms. The van der Waals surface area contributed by atoms with Gasteiger partial charge in [0.05, 0.1) is 5.69 Å². The molecule has 1 aromatic rings. The number of benzene rings is 1. The van der Waals surface area contributed by atoms with E-state index < -0.39 is 0 Å². The average molecular weight is 311 g/mol. The fourth-order valence-electron chi connectivity index (χ4n) is 2.53. The number of carbonyl (C=O) groups excluding carboxylic acids is 1. The summed E-state index contributed by atoms with van der Waals surface area (Å²) in [6.45, 7) is 2.22. The molecule has 1 fully saturated rings. The predicted octanol–water partition coefficient (Wildman–Crippen LogP) is 2.79. The molecule has 3 nitrogen and oxygen atoms in total. The van der Waals surface area contributed by atoms with Crippen molar-refractivity contribution < 1.29 is 4.79 Å². The van der Waals surface area contributed by atoms with Gasteiger partial charge < -0.3 is 9.80 Å². The SMILES string of the molecule is CN(CC1CCCN1C)c1ccc(C=O)cc1Br. The van der Waals surface area contributed by atoms with Crippen LogP contribution in [0.2, 0.25) is 0 Å². The third kappa shape index (κ3) is 2.93. The zero-order chi connectivity index (χ0) is 13.1. The molecule has 1 aromatic carbocycles. The number of likely N-dealkylation sites (N-methyl/N-ethyl adjacent to an activating group) is 2. The number of carbonyl (C=O) groups is 1. The summed E-state index contributed by atoms with van der Waals surface area (Å²) in [5.41, 5.74) is 1.85. The minimum atomic E-state index is 0.632. The first-order valence-corrected chi connectivity index (χ1v) is 7.07. The van der Waals surface area contributed by atoms with Crippen molar-refractivity contribution in [3.8, 4) is 0 Å². The number of nitrogens with zero attached hydrogens (tertiary/aromatic N) is 2. The largest absolute Gasteiger partial charge is 0.372 e. The van der Waals surface area contributed by atoms with Crippen molar-refractivity contribution in [2.45, 2.75) is 18.9 Å². The van der Waals surface area contributed by atoms with Crippen LogP contribution in [0.25, 0.3) is 0 Å². The van der Waals surface area contributed by atoms with Crippen molar-refractivity contribution >= 4 is 27.9 Å². The smallest absolute Gasteiger partial charge is 0.150 e. The third-order valence-corrected chi connectivity index (χ3v) is 4.31. The van der Waals surface area contributed by atoms with E-state index in [1.54, 1.807) is 0 Å². The van der Waals surface area contributed by atoms with Crippen LogP contribution in [-0.2, 0) is 0 Å². The van der Waals surface area contributed by atoms with Crippen LogP contribution in [0.5, 0.6) is 0 Å². The molecule has 1 aliphatic heterocycles. The van der Waals surface area contributed by atoms with Gasteiger partial charge in [-0.05, 0) is 60.6 Å². The molecular weight excluding hydrogens is 292 g/mol. The summed E-state index contributed by atoms with van der Waals surface area (Å²) >= 11 is 3.54. The van der Waals surface area contributed by atoms with E-state index in [9.17, 15) is 4.79 Å². The Labute approximate surface area is 117 Å². The summed E-state index contributed by atoms with van der Waals surface area (Å²) in [6, 6.07) is 6.37. The maximum absolute atomic E-state index is 10.7. The molecule has 18 heavy (non-hydrogen) atoms. The topological polar surface area (TPSA) is 23.6 Å². The Hall–Kier alpha value is -0.870. The number of anilines is 1. The highest BCUT2D eigenvalue weighted by atomic mass is 79.9. The van der Waals surface area contributed by atoms with Gasteiger partial charge in [-0.1, -0.05) is 0 Å². The van der Waals surface area contributed by atoms with Gasteiger partial charge in [0, 0.05) is 29.7 Å². The number of likely N-dealkylation sites (tertiary alicyclic amines) is 1. The first-order chi connectivity index (χ1) is 8.61. The fraction of sp³-hybridized carbons (Fsp3) is 0.500. The second-order valence-electron chi connectivity index (χ2n) is 4.99. The average Bonchev–Trinajstić information content (AvgIpc) is 2.74. The van der Waals surface area contributed by atoms with Crippen LogP contribution in [0.1, 0.15) is 23.2 Å². The molecule has 0 aromatic heterocycles. The van der Waals surface area contributed by atoms with E-state index in [1.807, 2.05) is 18.2 Å². The van der Waals surface area contributed by atoms with Crippen LogP contribution >= 0.6 is 15.9 Å². The van der Waals surface area contributed by atoms with Crippen molar-refractivity contribution in [3.63, 3.8) is 0 Å². The molecule has 0 amide bonds. The zero-order valence-electron chi connectivity index (χ0n) is 10.9. The zero-order valence-corrected chi connectivity index (χ0v) is 12.5. The van der Waals surface area contributed by atoms with Crippen molar-refractivity contribution in [2.75, 3.05) is 32.1 Å². The second kappa shape index (κ2) is 5.85. The van der Waals surface area contributed by atoms with Gasteiger partial charge in [-0.25, -0.2) is 0 Å². The maximum Gasteiger partial charge on any atom is 0.150 e. The molecule has 1 saturated heterocycles. The molecule has 0 aliphatic carbocycles. The highest BCUT2D eigenvalue weighted by molar-refractivity contribution is 9.10. The van der Waals surface area contributed by atoms with E-state index in [4.69, 9.17) is 0 Å². The summed E-state index contributed by atoms with van der Waals surface area (Å²) in [7, 11) is 4.29. The molecule has 0 saturated carbocycles. The number of hydrogen-bond acceptors (Lipinski definition) is 3. The van der Waals surface area contributed by atoms with Crippen LogP contribution in [0, 0.1) is 0 Å². The Morgan fingerprint density at radius 1 is 1.56 bits per heavy atom. The van der Waals surface area contributed by atoms with Gasteiger partial charge in [-0.3, -0.25) is 4.79 Å². The standard InChI is InChI=1S/C14H19BrN2O/c1-16-7-3-4-12(16)9-17(2)14-6-5-11(10-18)8-13(14)15/h5-6,8,10,12H,3-4,7,9H2,1-2H3. The molecule has 4 heteroatoms. The lowest BCUT2D eigenvalue weighted by molar-refractivity contribution is 0.112. The quantitative estimate of drug-likeness (QED) is 0.799. The van der Waals surface area contributed by atoms with Crippen molar-refractivity contribution in [1.29, 1.82) is 0 Å². The van der Waals surface area contributed by atoms with Crippen molar-refractivity contribution in [2.24, 2.45) is 0 Å². The van der Waals surface area contributed by atoms with E-state index in [-0.39, 0.29) is 0 Å². The summed E-state index contributed by atoms with van der Waals surface area (Å²) in [5, 5.41) is 0. The Morgan fingerprint density at radius 3 is 2.89 bits per heavy atom. The molecule has 98 valence electrons. The molecule has 0 radical (unpaired) electrons. The lowest BCUT2D eigenvalue weighted by atomic mass is 10.1. The number of hydrogen-bond donors (Lipinski definition) is 0. The monoisotopic (exact) mass is 310 g/mol. The second-order valence-corrected chi connectivity index (χ2v) is 5.84. The van der Waals surface area contributed by atoms with Gasteiger partial charge in [0.2, 0.25) is 0 Å². The highest BCUT2D eigenvalue weighted by Crippen LogP contribution is 2.27. The Balaban J connectivity index is 2.08. The van der Waals surface area contributed by atoms with Crippen LogP contribution in [-0.4, -0.2) is 44.4 Å². The molecule has 2 rings (SSSR count). The lowest BCUT2D eigenvalue weighted by Crippen LogP contribution is -2.36. The van der Waals surface area contributed by atoms with Gasteiger partial charge >= 0.3 is 0 Å². The van der Waals surface area contributed by atoms with E-state index >= 15 is 0 Å². The number of halogens is 1. The minimum absolute atomic E-state index is 0.632. The first kappa shape index (κ1) is 13.6. The van der Waals surface area contributed by atoms with E-state index in [2.05, 4.69) is 39.8 Å². The maximum atomic E-state index is 10.7. The minimum Gasteiger partial charge on any atom is -0.372 e. The number of aldehydes is 1. The summed E-state index contributed by atoms with van der Waals surface area (Å²) in [6.07, 6.45) is 3.43. The van der Waals surface area contributed by atoms with Crippen LogP contribution in [0.4, 0.5) is 5.69 Å². The van der Waals surface area contributed by atoms with Crippen molar-refractivity contribution in [1.82, 2.24) is 4.90 Å². The molecule has 1 atom stereocenters. The van der Waals surface area contributed by atoms with E-state index in [1.165, 1.54) is 19.4 Å². The summed E-state index contributed by atoms with van der Waals surface area (Å²) < 4.78 is 0.982. The Morgan fingerprint density at radius 2 is 2.33 bits per heavy atom. The van der Waals surface area contributed by atoms with Crippen LogP contribution < -0.4 is 4.90 Å². The number of rotatable bonds is 4.